The van der Waals surface area contributed by atoms with E-state index in [9.17, 15) is 9.90 Å². The van der Waals surface area contributed by atoms with Gasteiger partial charge in [0.05, 0.1) is 6.10 Å². The number of rotatable bonds is 1. The van der Waals surface area contributed by atoms with E-state index in [4.69, 9.17) is 0 Å². The summed E-state index contributed by atoms with van der Waals surface area (Å²) in [6.45, 7) is 0. The molecule has 4 saturated carbocycles. The predicted molar refractivity (Wildman–Crippen MR) is 52.6 cm³/mol. The van der Waals surface area contributed by atoms with Crippen molar-refractivity contribution in [2.24, 2.45) is 23.7 Å². The van der Waals surface area contributed by atoms with Gasteiger partial charge in [-0.2, -0.15) is 0 Å². The molecule has 4 rings (SSSR count). The van der Waals surface area contributed by atoms with E-state index in [2.05, 4.69) is 0 Å². The first-order valence-corrected chi connectivity index (χ1v) is 5.63. The fraction of sp³-hybridized carbons (Fsp3) is 0.750. The molecule has 2 nitrogen and oxygen atoms in total. The van der Waals surface area contributed by atoms with Crippen molar-refractivity contribution >= 4 is 6.29 Å². The van der Waals surface area contributed by atoms with Crippen LogP contribution in [0.2, 0.25) is 0 Å². The van der Waals surface area contributed by atoms with Crippen LogP contribution in [0.4, 0.5) is 0 Å². The van der Waals surface area contributed by atoms with Gasteiger partial charge in [-0.1, -0.05) is 5.57 Å². The number of allylic oxidation sites excluding steroid dienone is 1. The summed E-state index contributed by atoms with van der Waals surface area (Å²) in [4.78, 5) is 10.5. The predicted octanol–water partition coefficient (Wildman–Crippen LogP) is 1.54. The van der Waals surface area contributed by atoms with Crippen molar-refractivity contribution in [3.8, 4) is 0 Å². The molecule has 1 N–H and O–H groups in total. The smallest absolute Gasteiger partial charge is 0.142 e. The average Bonchev–Trinajstić information content (AvgIpc) is 2.18. The topological polar surface area (TPSA) is 37.3 Å². The number of aliphatic hydroxyl groups excluding tert-OH is 1. The zero-order chi connectivity index (χ0) is 9.71. The van der Waals surface area contributed by atoms with Gasteiger partial charge in [-0.05, 0) is 49.5 Å². The molecule has 2 heteroatoms. The lowest BCUT2D eigenvalue weighted by Gasteiger charge is -2.54. The average molecular weight is 192 g/mol. The van der Waals surface area contributed by atoms with Gasteiger partial charge in [0, 0.05) is 5.92 Å². The molecule has 0 aromatic carbocycles. The molecule has 4 fully saturated rings. The minimum absolute atomic E-state index is 0.158. The largest absolute Gasteiger partial charge is 0.392 e. The summed E-state index contributed by atoms with van der Waals surface area (Å²) in [7, 11) is 0. The molecule has 0 heterocycles. The fourth-order valence-electron chi connectivity index (χ4n) is 4.03. The summed E-state index contributed by atoms with van der Waals surface area (Å²) in [5.41, 5.74) is 1.25. The number of aliphatic hydroxyl groups is 1. The van der Waals surface area contributed by atoms with Crippen molar-refractivity contribution in [1.29, 1.82) is 0 Å². The van der Waals surface area contributed by atoms with E-state index in [-0.39, 0.29) is 6.10 Å². The molecule has 14 heavy (non-hydrogen) atoms. The van der Waals surface area contributed by atoms with Crippen molar-refractivity contribution in [3.63, 3.8) is 0 Å². The zero-order valence-corrected chi connectivity index (χ0v) is 8.23. The molecule has 4 aliphatic carbocycles. The maximum atomic E-state index is 10.5. The summed E-state index contributed by atoms with van der Waals surface area (Å²) in [6, 6.07) is 0. The van der Waals surface area contributed by atoms with E-state index in [0.29, 0.717) is 17.8 Å². The Morgan fingerprint density at radius 1 is 1.21 bits per heavy atom. The highest BCUT2D eigenvalue weighted by Crippen LogP contribution is 2.56. The van der Waals surface area contributed by atoms with E-state index in [1.165, 1.54) is 18.4 Å². The number of carbonyl (C=O) groups excluding carboxylic acids is 1. The monoisotopic (exact) mass is 192 g/mol. The minimum atomic E-state index is -0.158. The maximum absolute atomic E-state index is 10.5. The van der Waals surface area contributed by atoms with E-state index < -0.39 is 0 Å². The highest BCUT2D eigenvalue weighted by molar-refractivity contribution is 5.66. The summed E-state index contributed by atoms with van der Waals surface area (Å²) in [5.74, 6) is 2.29. The fourth-order valence-corrected chi connectivity index (χ4v) is 4.03. The van der Waals surface area contributed by atoms with Gasteiger partial charge < -0.3 is 5.11 Å². The third-order valence-corrected chi connectivity index (χ3v) is 4.48. The normalized spacial score (nSPS) is 52.6. The number of carbonyl (C=O) groups is 1. The maximum Gasteiger partial charge on any atom is 0.142 e. The van der Waals surface area contributed by atoms with Gasteiger partial charge in [-0.25, -0.2) is 0 Å². The van der Waals surface area contributed by atoms with Crippen LogP contribution >= 0.6 is 0 Å². The van der Waals surface area contributed by atoms with Crippen LogP contribution in [0, 0.1) is 23.7 Å². The first-order valence-electron chi connectivity index (χ1n) is 5.63. The molecule has 5 atom stereocenters. The molecule has 0 aromatic heterocycles. The molecular weight excluding hydrogens is 176 g/mol. The van der Waals surface area contributed by atoms with Gasteiger partial charge >= 0.3 is 0 Å². The highest BCUT2D eigenvalue weighted by Gasteiger charge is 2.50. The summed E-state index contributed by atoms with van der Waals surface area (Å²) in [6.07, 6.45) is 7.18. The van der Waals surface area contributed by atoms with E-state index in [1.807, 2.05) is 0 Å². The first kappa shape index (κ1) is 8.66. The van der Waals surface area contributed by atoms with Crippen molar-refractivity contribution in [2.75, 3.05) is 0 Å². The third kappa shape index (κ3) is 1.04. The lowest BCUT2D eigenvalue weighted by Crippen LogP contribution is -2.49. The number of aldehydes is 1. The Bertz CT molecular complexity index is 295. The quantitative estimate of drug-likeness (QED) is 0.505. The Kier molecular flexibility index (Phi) is 1.81. The third-order valence-electron chi connectivity index (χ3n) is 4.48. The lowest BCUT2D eigenvalue weighted by molar-refractivity contribution is -0.104. The van der Waals surface area contributed by atoms with Crippen molar-refractivity contribution in [3.05, 3.63) is 11.6 Å². The van der Waals surface area contributed by atoms with Crippen LogP contribution in [-0.2, 0) is 4.79 Å². The molecule has 76 valence electrons. The molecule has 4 aliphatic rings. The number of hydrogen-bond donors (Lipinski definition) is 1. The molecule has 0 aromatic rings. The van der Waals surface area contributed by atoms with Crippen LogP contribution in [0.15, 0.2) is 11.6 Å². The Balaban J connectivity index is 1.97. The van der Waals surface area contributed by atoms with Crippen molar-refractivity contribution < 1.29 is 9.90 Å². The Labute approximate surface area is 84.0 Å². The van der Waals surface area contributed by atoms with Crippen molar-refractivity contribution in [1.82, 2.24) is 0 Å². The Morgan fingerprint density at radius 2 is 2.07 bits per heavy atom. The highest BCUT2D eigenvalue weighted by atomic mass is 16.3. The second-order valence-electron chi connectivity index (χ2n) is 5.17. The molecule has 4 bridgehead atoms. The molecule has 1 unspecified atom stereocenters. The molecular formula is C12H16O2. The summed E-state index contributed by atoms with van der Waals surface area (Å²) >= 11 is 0. The molecule has 0 spiro atoms. The molecule has 0 saturated heterocycles. The second-order valence-corrected chi connectivity index (χ2v) is 5.17. The van der Waals surface area contributed by atoms with Crippen LogP contribution < -0.4 is 0 Å². The summed E-state index contributed by atoms with van der Waals surface area (Å²) < 4.78 is 0. The van der Waals surface area contributed by atoms with E-state index in [1.54, 1.807) is 6.08 Å². The van der Waals surface area contributed by atoms with Crippen LogP contribution in [0.3, 0.4) is 0 Å². The van der Waals surface area contributed by atoms with Crippen LogP contribution in [0.25, 0.3) is 0 Å². The summed E-state index contributed by atoms with van der Waals surface area (Å²) in [5, 5.41) is 10.1. The molecule has 0 amide bonds. The van der Waals surface area contributed by atoms with Gasteiger partial charge in [0.2, 0.25) is 0 Å². The van der Waals surface area contributed by atoms with E-state index in [0.717, 1.165) is 25.0 Å². The minimum Gasteiger partial charge on any atom is -0.392 e. The number of hydrogen-bond acceptors (Lipinski definition) is 2. The van der Waals surface area contributed by atoms with Crippen LogP contribution in [-0.4, -0.2) is 17.5 Å². The zero-order valence-electron chi connectivity index (χ0n) is 8.23. The standard InChI is InChI=1S/C12H16O2/c13-2-1-10-8-3-7-4-9(6-8)12(14)11(10)5-7/h1-2,7-9,11-12,14H,3-6H2/b10-1-/t7?,8-,9+,11-,12-/m1/s1. The SMILES string of the molecule is O=C/C=C1/[C@@H]2CC3C[C@@H](C2)[C@@H](O)[C@@H]1C3. The second kappa shape index (κ2) is 2.93. The van der Waals surface area contributed by atoms with Crippen molar-refractivity contribution in [2.45, 2.75) is 31.8 Å². The Hall–Kier alpha value is -0.630. The van der Waals surface area contributed by atoms with Gasteiger partial charge in [0.25, 0.3) is 0 Å². The van der Waals surface area contributed by atoms with Gasteiger partial charge in [0.1, 0.15) is 6.29 Å². The van der Waals surface area contributed by atoms with Gasteiger partial charge in [0.15, 0.2) is 0 Å². The lowest BCUT2D eigenvalue weighted by atomic mass is 9.53. The van der Waals surface area contributed by atoms with Crippen LogP contribution in [0.1, 0.15) is 25.7 Å². The first-order chi connectivity index (χ1) is 6.79. The van der Waals surface area contributed by atoms with Gasteiger partial charge in [-0.15, -0.1) is 0 Å². The Morgan fingerprint density at radius 3 is 2.86 bits per heavy atom. The van der Waals surface area contributed by atoms with E-state index >= 15 is 0 Å². The van der Waals surface area contributed by atoms with Gasteiger partial charge in [-0.3, -0.25) is 4.79 Å². The van der Waals surface area contributed by atoms with Crippen LogP contribution in [0.5, 0.6) is 0 Å². The molecule has 0 radical (unpaired) electrons. The molecule has 0 aliphatic heterocycles.